The van der Waals surface area contributed by atoms with Gasteiger partial charge in [-0.25, -0.2) is 8.42 Å². The zero-order valence-electron chi connectivity index (χ0n) is 10.8. The molecular formula is C12H16N2O5S. The molecule has 0 unspecified atom stereocenters. The van der Waals surface area contributed by atoms with Crippen molar-refractivity contribution in [2.24, 2.45) is 0 Å². The van der Waals surface area contributed by atoms with Crippen molar-refractivity contribution in [3.63, 3.8) is 0 Å². The Bertz CT molecular complexity index is 585. The summed E-state index contributed by atoms with van der Waals surface area (Å²) in [7, 11) is -3.76. The molecule has 0 atom stereocenters. The molecule has 1 aromatic rings. The average molecular weight is 300 g/mol. The molecule has 0 aromatic heterocycles. The van der Waals surface area contributed by atoms with E-state index < -0.39 is 20.7 Å². The number of aliphatic hydroxyl groups excluding tert-OH is 1. The summed E-state index contributed by atoms with van der Waals surface area (Å²) >= 11 is 0. The molecule has 0 aliphatic carbocycles. The van der Waals surface area contributed by atoms with Gasteiger partial charge in [-0.15, -0.1) is 6.58 Å². The standard InChI is InChI=1S/C12H16N2O5S/c1-2-7-13(8-9-15)20(18,19)10-11-5-3-4-6-12(11)14(16)17/h2-6,15H,1,7-10H2. The van der Waals surface area contributed by atoms with Crippen molar-refractivity contribution in [1.82, 2.24) is 4.31 Å². The lowest BCUT2D eigenvalue weighted by molar-refractivity contribution is -0.385. The van der Waals surface area contributed by atoms with E-state index in [2.05, 4.69) is 6.58 Å². The van der Waals surface area contributed by atoms with Crippen LogP contribution in [0.3, 0.4) is 0 Å². The monoisotopic (exact) mass is 300 g/mol. The van der Waals surface area contributed by atoms with Crippen molar-refractivity contribution in [2.75, 3.05) is 19.7 Å². The van der Waals surface area contributed by atoms with Crippen molar-refractivity contribution in [3.05, 3.63) is 52.6 Å². The summed E-state index contributed by atoms with van der Waals surface area (Å²) in [4.78, 5) is 10.3. The highest BCUT2D eigenvalue weighted by atomic mass is 32.2. The summed E-state index contributed by atoms with van der Waals surface area (Å²) in [5.41, 5.74) is -0.122. The van der Waals surface area contributed by atoms with Gasteiger partial charge >= 0.3 is 0 Å². The molecule has 0 radical (unpaired) electrons. The van der Waals surface area contributed by atoms with Gasteiger partial charge in [0.15, 0.2) is 0 Å². The van der Waals surface area contributed by atoms with Gasteiger partial charge in [-0.05, 0) is 0 Å². The van der Waals surface area contributed by atoms with Gasteiger partial charge in [0.2, 0.25) is 10.0 Å². The highest BCUT2D eigenvalue weighted by Crippen LogP contribution is 2.21. The maximum Gasteiger partial charge on any atom is 0.273 e. The zero-order chi connectivity index (χ0) is 15.2. The number of rotatable bonds is 8. The molecule has 110 valence electrons. The minimum atomic E-state index is -3.76. The van der Waals surface area contributed by atoms with Crippen LogP contribution < -0.4 is 0 Å². The molecule has 8 heteroatoms. The van der Waals surface area contributed by atoms with Crippen LogP contribution in [0.4, 0.5) is 5.69 Å². The number of aliphatic hydroxyl groups is 1. The molecule has 7 nitrogen and oxygen atoms in total. The molecule has 0 heterocycles. The summed E-state index contributed by atoms with van der Waals surface area (Å²) in [5.74, 6) is -0.488. The Morgan fingerprint density at radius 1 is 1.40 bits per heavy atom. The van der Waals surface area contributed by atoms with Gasteiger partial charge in [-0.1, -0.05) is 24.3 Å². The second-order valence-corrected chi connectivity index (χ2v) is 5.98. The van der Waals surface area contributed by atoms with Crippen molar-refractivity contribution < 1.29 is 18.4 Å². The van der Waals surface area contributed by atoms with Crippen LogP contribution >= 0.6 is 0 Å². The second-order valence-electron chi connectivity index (χ2n) is 4.01. The van der Waals surface area contributed by atoms with Crippen LogP contribution in [0, 0.1) is 10.1 Å². The molecule has 0 aliphatic rings. The molecule has 0 amide bonds. The van der Waals surface area contributed by atoms with Crippen molar-refractivity contribution in [2.45, 2.75) is 5.75 Å². The lowest BCUT2D eigenvalue weighted by atomic mass is 10.2. The van der Waals surface area contributed by atoms with E-state index in [1.165, 1.54) is 24.3 Å². The van der Waals surface area contributed by atoms with E-state index in [0.717, 1.165) is 4.31 Å². The van der Waals surface area contributed by atoms with Crippen molar-refractivity contribution >= 4 is 15.7 Å². The van der Waals surface area contributed by atoms with Gasteiger partial charge in [-0.2, -0.15) is 4.31 Å². The number of hydrogen-bond donors (Lipinski definition) is 1. The lowest BCUT2D eigenvalue weighted by Gasteiger charge is -2.19. The summed E-state index contributed by atoms with van der Waals surface area (Å²) in [6.45, 7) is 3.09. The van der Waals surface area contributed by atoms with E-state index in [4.69, 9.17) is 5.11 Å². The molecule has 0 bridgehead atoms. The molecule has 1 N–H and O–H groups in total. The summed E-state index contributed by atoms with van der Waals surface area (Å²) in [5, 5.41) is 19.8. The van der Waals surface area contributed by atoms with Gasteiger partial charge < -0.3 is 5.11 Å². The van der Waals surface area contributed by atoms with Crippen LogP contribution in [0.2, 0.25) is 0 Å². The third kappa shape index (κ3) is 4.12. The van der Waals surface area contributed by atoms with Gasteiger partial charge in [0.25, 0.3) is 5.69 Å². The number of nitro groups is 1. The van der Waals surface area contributed by atoms with E-state index in [1.54, 1.807) is 6.07 Å². The van der Waals surface area contributed by atoms with Crippen LogP contribution in [0.1, 0.15) is 5.56 Å². The van der Waals surface area contributed by atoms with Gasteiger partial charge in [0, 0.05) is 24.7 Å². The van der Waals surface area contributed by atoms with Gasteiger partial charge in [0.1, 0.15) is 0 Å². The quantitative estimate of drug-likeness (QED) is 0.437. The molecule has 1 aromatic carbocycles. The zero-order valence-corrected chi connectivity index (χ0v) is 11.6. The first-order valence-corrected chi connectivity index (χ1v) is 7.45. The lowest BCUT2D eigenvalue weighted by Crippen LogP contribution is -2.34. The Morgan fingerprint density at radius 2 is 2.05 bits per heavy atom. The summed E-state index contributed by atoms with van der Waals surface area (Å²) < 4.78 is 25.4. The molecule has 0 saturated heterocycles. The van der Waals surface area contributed by atoms with Crippen molar-refractivity contribution in [3.8, 4) is 0 Å². The predicted octanol–water partition coefficient (Wildman–Crippen LogP) is 0.905. The largest absolute Gasteiger partial charge is 0.395 e. The number of hydrogen-bond acceptors (Lipinski definition) is 5. The second kappa shape index (κ2) is 7.13. The fourth-order valence-electron chi connectivity index (χ4n) is 1.70. The highest BCUT2D eigenvalue weighted by molar-refractivity contribution is 7.88. The Hall–Kier alpha value is -1.77. The first-order valence-electron chi connectivity index (χ1n) is 5.84. The fourth-order valence-corrected chi connectivity index (χ4v) is 3.21. The Balaban J connectivity index is 3.06. The number of nitro benzene ring substituents is 1. The maximum atomic E-state index is 12.2. The Kier molecular flexibility index (Phi) is 5.81. The summed E-state index contributed by atoms with van der Waals surface area (Å²) in [6, 6.07) is 5.68. The third-order valence-corrected chi connectivity index (χ3v) is 4.40. The molecule has 0 fully saturated rings. The van der Waals surface area contributed by atoms with E-state index in [1.807, 2.05) is 0 Å². The van der Waals surface area contributed by atoms with Crippen molar-refractivity contribution in [1.29, 1.82) is 0 Å². The Labute approximate surface area is 117 Å². The maximum absolute atomic E-state index is 12.2. The normalized spacial score (nSPS) is 11.5. The minimum absolute atomic E-state index is 0.0452. The molecule has 0 saturated carbocycles. The minimum Gasteiger partial charge on any atom is -0.395 e. The SMILES string of the molecule is C=CCN(CCO)S(=O)(=O)Cc1ccccc1[N+](=O)[O-]. The van der Waals surface area contributed by atoms with E-state index in [9.17, 15) is 18.5 Å². The molecular weight excluding hydrogens is 284 g/mol. The van der Waals surface area contributed by atoms with Crippen LogP contribution in [-0.2, 0) is 15.8 Å². The number of sulfonamides is 1. The van der Waals surface area contributed by atoms with Crippen LogP contribution in [0.15, 0.2) is 36.9 Å². The first-order chi connectivity index (χ1) is 9.42. The fraction of sp³-hybridized carbons (Fsp3) is 0.333. The van der Waals surface area contributed by atoms with Crippen LogP contribution in [0.25, 0.3) is 0 Å². The van der Waals surface area contributed by atoms with Crippen LogP contribution in [0.5, 0.6) is 0 Å². The highest BCUT2D eigenvalue weighted by Gasteiger charge is 2.25. The third-order valence-electron chi connectivity index (χ3n) is 2.60. The smallest absolute Gasteiger partial charge is 0.273 e. The average Bonchev–Trinajstić information content (AvgIpc) is 2.38. The van der Waals surface area contributed by atoms with Gasteiger partial charge in [0.05, 0.1) is 17.3 Å². The molecule has 1 rings (SSSR count). The topological polar surface area (TPSA) is 101 Å². The summed E-state index contributed by atoms with van der Waals surface area (Å²) in [6.07, 6.45) is 1.40. The molecule has 20 heavy (non-hydrogen) atoms. The molecule has 0 aliphatic heterocycles. The van der Waals surface area contributed by atoms with Gasteiger partial charge in [-0.3, -0.25) is 10.1 Å². The number of para-hydroxylation sites is 1. The van der Waals surface area contributed by atoms with E-state index >= 15 is 0 Å². The van der Waals surface area contributed by atoms with Crippen LogP contribution in [-0.4, -0.2) is 42.4 Å². The van der Waals surface area contributed by atoms with E-state index in [0.29, 0.717) is 0 Å². The van der Waals surface area contributed by atoms with E-state index in [-0.39, 0.29) is 30.9 Å². The number of nitrogens with zero attached hydrogens (tertiary/aromatic N) is 2. The first kappa shape index (κ1) is 16.3. The Morgan fingerprint density at radius 3 is 2.60 bits per heavy atom. The predicted molar refractivity (Wildman–Crippen MR) is 74.6 cm³/mol. The number of benzene rings is 1. The molecule has 0 spiro atoms.